The molecule has 1 atom stereocenters. The maximum Gasteiger partial charge on any atom is 0.0649 e. The van der Waals surface area contributed by atoms with Gasteiger partial charge in [-0.05, 0) is 39.8 Å². The second-order valence-corrected chi connectivity index (χ2v) is 4.71. The van der Waals surface area contributed by atoms with Gasteiger partial charge in [-0.3, -0.25) is 9.67 Å². The number of hydrogen-bond donors (Lipinski definition) is 1. The Kier molecular flexibility index (Phi) is 3.36. The summed E-state index contributed by atoms with van der Waals surface area (Å²) in [5, 5.41) is 7.96. The maximum absolute atomic E-state index is 4.46. The van der Waals surface area contributed by atoms with E-state index in [2.05, 4.69) is 42.2 Å². The molecular weight excluding hydrogens is 224 g/mol. The summed E-state index contributed by atoms with van der Waals surface area (Å²) in [6.45, 7) is 8.32. The zero-order valence-electron chi connectivity index (χ0n) is 11.7. The van der Waals surface area contributed by atoms with Crippen LogP contribution in [0.25, 0.3) is 0 Å². The van der Waals surface area contributed by atoms with E-state index in [9.17, 15) is 0 Å². The number of pyridine rings is 1. The van der Waals surface area contributed by atoms with Gasteiger partial charge in [0.2, 0.25) is 0 Å². The minimum absolute atomic E-state index is 0.224. The molecular formula is C14H20N4. The molecule has 2 heterocycles. The third-order valence-corrected chi connectivity index (χ3v) is 3.38. The third kappa shape index (κ3) is 2.23. The van der Waals surface area contributed by atoms with E-state index >= 15 is 0 Å². The van der Waals surface area contributed by atoms with Crippen molar-refractivity contribution in [2.75, 3.05) is 5.32 Å². The molecule has 2 aromatic rings. The molecule has 2 aromatic heterocycles. The molecule has 0 aliphatic rings. The van der Waals surface area contributed by atoms with E-state index in [0.717, 1.165) is 17.1 Å². The molecule has 0 radical (unpaired) electrons. The highest BCUT2D eigenvalue weighted by molar-refractivity contribution is 5.49. The molecule has 0 bridgehead atoms. The summed E-state index contributed by atoms with van der Waals surface area (Å²) in [6, 6.07) is 4.23. The van der Waals surface area contributed by atoms with Gasteiger partial charge in [-0.25, -0.2) is 0 Å². The fourth-order valence-corrected chi connectivity index (χ4v) is 2.36. The van der Waals surface area contributed by atoms with Gasteiger partial charge in [-0.2, -0.15) is 5.10 Å². The van der Waals surface area contributed by atoms with Crippen LogP contribution in [0.1, 0.15) is 35.6 Å². The van der Waals surface area contributed by atoms with Crippen molar-refractivity contribution in [3.63, 3.8) is 0 Å². The fourth-order valence-electron chi connectivity index (χ4n) is 2.36. The Hall–Kier alpha value is -1.84. The number of nitrogens with one attached hydrogen (secondary N) is 1. The number of hydrogen-bond acceptors (Lipinski definition) is 3. The van der Waals surface area contributed by atoms with Crippen LogP contribution in [0.5, 0.6) is 0 Å². The Balaban J connectivity index is 2.28. The quantitative estimate of drug-likeness (QED) is 0.902. The highest BCUT2D eigenvalue weighted by Crippen LogP contribution is 2.25. The Morgan fingerprint density at radius 2 is 1.94 bits per heavy atom. The van der Waals surface area contributed by atoms with Crippen molar-refractivity contribution in [2.45, 2.75) is 33.7 Å². The highest BCUT2D eigenvalue weighted by Gasteiger charge is 2.16. The molecule has 0 aromatic carbocycles. The second kappa shape index (κ2) is 4.80. The topological polar surface area (TPSA) is 42.7 Å². The first-order valence-corrected chi connectivity index (χ1v) is 6.19. The first kappa shape index (κ1) is 12.6. The van der Waals surface area contributed by atoms with E-state index in [4.69, 9.17) is 0 Å². The van der Waals surface area contributed by atoms with Gasteiger partial charge in [-0.15, -0.1) is 0 Å². The Bertz CT molecular complexity index is 557. The van der Waals surface area contributed by atoms with Gasteiger partial charge >= 0.3 is 0 Å². The zero-order valence-corrected chi connectivity index (χ0v) is 11.7. The van der Waals surface area contributed by atoms with Gasteiger partial charge in [0.15, 0.2) is 0 Å². The molecule has 0 spiro atoms. The van der Waals surface area contributed by atoms with Gasteiger partial charge in [0, 0.05) is 24.5 Å². The molecule has 1 N–H and O–H groups in total. The van der Waals surface area contributed by atoms with Crippen molar-refractivity contribution in [3.8, 4) is 0 Å². The first-order valence-electron chi connectivity index (χ1n) is 6.19. The molecule has 0 aliphatic carbocycles. The lowest BCUT2D eigenvalue weighted by Crippen LogP contribution is -2.10. The Morgan fingerprint density at radius 3 is 2.50 bits per heavy atom. The average molecular weight is 244 g/mol. The minimum Gasteiger partial charge on any atom is -0.377 e. The summed E-state index contributed by atoms with van der Waals surface area (Å²) in [6.07, 6.45) is 1.81. The van der Waals surface area contributed by atoms with Gasteiger partial charge in [-0.1, -0.05) is 0 Å². The maximum atomic E-state index is 4.46. The number of aryl methyl sites for hydroxylation is 3. The molecule has 18 heavy (non-hydrogen) atoms. The highest BCUT2D eigenvalue weighted by atomic mass is 15.3. The van der Waals surface area contributed by atoms with Crippen molar-refractivity contribution < 1.29 is 0 Å². The lowest BCUT2D eigenvalue weighted by molar-refractivity contribution is 0.728. The number of nitrogens with zero attached hydrogens (tertiary/aromatic N) is 3. The van der Waals surface area contributed by atoms with Crippen molar-refractivity contribution in [2.24, 2.45) is 7.05 Å². The third-order valence-electron chi connectivity index (χ3n) is 3.38. The van der Waals surface area contributed by atoms with E-state index in [1.165, 1.54) is 11.3 Å². The summed E-state index contributed by atoms with van der Waals surface area (Å²) in [7, 11) is 1.98. The molecule has 2 rings (SSSR count). The minimum atomic E-state index is 0.224. The molecule has 4 nitrogen and oxygen atoms in total. The predicted molar refractivity (Wildman–Crippen MR) is 73.7 cm³/mol. The monoisotopic (exact) mass is 244 g/mol. The summed E-state index contributed by atoms with van der Waals surface area (Å²) in [4.78, 5) is 4.29. The normalized spacial score (nSPS) is 12.5. The standard InChI is InChI=1S/C14H20N4/c1-9-13(7-6-8-15-9)16-10(2)14-11(3)17-18(5)12(14)4/h6-8,10,16H,1-5H3. The van der Waals surface area contributed by atoms with Gasteiger partial charge in [0.1, 0.15) is 0 Å². The average Bonchev–Trinajstić information content (AvgIpc) is 2.56. The predicted octanol–water partition coefficient (Wildman–Crippen LogP) is 2.91. The van der Waals surface area contributed by atoms with Crippen LogP contribution in [0.2, 0.25) is 0 Å². The summed E-state index contributed by atoms with van der Waals surface area (Å²) < 4.78 is 1.93. The van der Waals surface area contributed by atoms with Crippen molar-refractivity contribution in [1.29, 1.82) is 0 Å². The fraction of sp³-hybridized carbons (Fsp3) is 0.429. The van der Waals surface area contributed by atoms with Crippen LogP contribution in [-0.4, -0.2) is 14.8 Å². The van der Waals surface area contributed by atoms with Crippen LogP contribution < -0.4 is 5.32 Å². The Labute approximate surface area is 108 Å². The van der Waals surface area contributed by atoms with Crippen LogP contribution in [0, 0.1) is 20.8 Å². The summed E-state index contributed by atoms with van der Waals surface area (Å²) >= 11 is 0. The molecule has 0 fully saturated rings. The van der Waals surface area contributed by atoms with Gasteiger partial charge in [0.05, 0.1) is 23.1 Å². The first-order chi connectivity index (χ1) is 8.50. The van der Waals surface area contributed by atoms with E-state index in [1.54, 1.807) is 0 Å². The molecule has 0 saturated heterocycles. The van der Waals surface area contributed by atoms with E-state index in [0.29, 0.717) is 0 Å². The largest absolute Gasteiger partial charge is 0.377 e. The smallest absolute Gasteiger partial charge is 0.0649 e. The summed E-state index contributed by atoms with van der Waals surface area (Å²) in [5.74, 6) is 0. The van der Waals surface area contributed by atoms with Crippen molar-refractivity contribution in [1.82, 2.24) is 14.8 Å². The lowest BCUT2D eigenvalue weighted by Gasteiger charge is -2.17. The van der Waals surface area contributed by atoms with Crippen LogP contribution >= 0.6 is 0 Å². The van der Waals surface area contributed by atoms with Crippen LogP contribution in [0.3, 0.4) is 0 Å². The molecule has 96 valence electrons. The number of anilines is 1. The molecule has 0 aliphatic heterocycles. The molecule has 1 unspecified atom stereocenters. The Morgan fingerprint density at radius 1 is 1.22 bits per heavy atom. The van der Waals surface area contributed by atoms with Crippen molar-refractivity contribution >= 4 is 5.69 Å². The van der Waals surface area contributed by atoms with Crippen molar-refractivity contribution in [3.05, 3.63) is 41.0 Å². The van der Waals surface area contributed by atoms with E-state index in [1.807, 2.05) is 30.9 Å². The summed E-state index contributed by atoms with van der Waals surface area (Å²) in [5.41, 5.74) is 5.64. The molecule has 4 heteroatoms. The van der Waals surface area contributed by atoms with E-state index < -0.39 is 0 Å². The molecule has 0 amide bonds. The second-order valence-electron chi connectivity index (χ2n) is 4.71. The van der Waals surface area contributed by atoms with Crippen LogP contribution in [-0.2, 0) is 7.05 Å². The van der Waals surface area contributed by atoms with Crippen LogP contribution in [0.4, 0.5) is 5.69 Å². The SMILES string of the molecule is Cc1ncccc1NC(C)c1c(C)nn(C)c1C. The van der Waals surface area contributed by atoms with Gasteiger partial charge < -0.3 is 5.32 Å². The lowest BCUT2D eigenvalue weighted by atomic mass is 10.1. The number of aromatic nitrogens is 3. The van der Waals surface area contributed by atoms with E-state index in [-0.39, 0.29) is 6.04 Å². The zero-order chi connectivity index (χ0) is 13.3. The van der Waals surface area contributed by atoms with Crippen LogP contribution in [0.15, 0.2) is 18.3 Å². The number of rotatable bonds is 3. The van der Waals surface area contributed by atoms with Gasteiger partial charge in [0.25, 0.3) is 0 Å². The molecule has 0 saturated carbocycles.